The van der Waals surface area contributed by atoms with Crippen LogP contribution < -0.4 is 24.0 Å². The molecule has 0 unspecified atom stereocenters. The molecule has 0 bridgehead atoms. The van der Waals surface area contributed by atoms with Crippen LogP contribution in [0.25, 0.3) is 0 Å². The van der Waals surface area contributed by atoms with Crippen molar-refractivity contribution >= 4 is 5.90 Å². The first-order valence-corrected chi connectivity index (χ1v) is 3.31. The topological polar surface area (TPSA) is 35.4 Å². The van der Waals surface area contributed by atoms with Gasteiger partial charge in [0.05, 0.1) is 6.54 Å². The van der Waals surface area contributed by atoms with E-state index < -0.39 is 0 Å². The van der Waals surface area contributed by atoms with Crippen molar-refractivity contribution in [2.75, 3.05) is 6.54 Å². The van der Waals surface area contributed by atoms with Gasteiger partial charge in [0.2, 0.25) is 0 Å². The predicted molar refractivity (Wildman–Crippen MR) is 42.0 cm³/mol. The summed E-state index contributed by atoms with van der Waals surface area (Å²) in [7, 11) is 0. The normalized spacial score (nSPS) is 12.1. The molecule has 0 aliphatic carbocycles. The van der Waals surface area contributed by atoms with E-state index in [1.54, 1.807) is 6.08 Å². The number of aliphatic imine (C=N–C) groups is 1. The molecule has 3 heteroatoms. The molecule has 0 aromatic rings. The summed E-state index contributed by atoms with van der Waals surface area (Å²) in [5, 5.41) is 11.0. The molecule has 0 N–H and O–H groups in total. The molecule has 0 heterocycles. The Morgan fingerprint density at radius 3 is 2.27 bits per heavy atom. The zero-order valence-corrected chi connectivity index (χ0v) is 7.85. The van der Waals surface area contributed by atoms with Gasteiger partial charge >= 0.3 is 18.9 Å². The van der Waals surface area contributed by atoms with Gasteiger partial charge in [0, 0.05) is 0 Å². The minimum atomic E-state index is -0.344. The zero-order valence-electron chi connectivity index (χ0n) is 7.85. The van der Waals surface area contributed by atoms with Crippen molar-refractivity contribution in [1.29, 1.82) is 0 Å². The Balaban J connectivity index is 0. The molecule has 0 fully saturated rings. The van der Waals surface area contributed by atoms with E-state index in [0.29, 0.717) is 6.54 Å². The summed E-state index contributed by atoms with van der Waals surface area (Å²) in [6, 6.07) is 0. The fourth-order valence-corrected chi connectivity index (χ4v) is 0.385. The fourth-order valence-electron chi connectivity index (χ4n) is 0.385. The summed E-state index contributed by atoms with van der Waals surface area (Å²) < 4.78 is 0. The number of rotatable bonds is 2. The van der Waals surface area contributed by atoms with E-state index in [1.165, 1.54) is 0 Å². The van der Waals surface area contributed by atoms with Gasteiger partial charge in [-0.15, -0.1) is 6.58 Å². The Kier molecular flexibility index (Phi) is 6.65. The van der Waals surface area contributed by atoms with E-state index in [-0.39, 0.29) is 30.2 Å². The van der Waals surface area contributed by atoms with Gasteiger partial charge in [-0.05, 0) is 11.3 Å². The van der Waals surface area contributed by atoms with Crippen LogP contribution in [0, 0.1) is 5.41 Å². The molecule has 0 aromatic heterocycles. The van der Waals surface area contributed by atoms with Crippen molar-refractivity contribution in [3.05, 3.63) is 12.7 Å². The molecule has 0 spiro atoms. The van der Waals surface area contributed by atoms with Gasteiger partial charge in [-0.2, -0.15) is 0 Å². The van der Waals surface area contributed by atoms with Gasteiger partial charge in [-0.1, -0.05) is 26.8 Å². The van der Waals surface area contributed by atoms with Crippen molar-refractivity contribution in [2.45, 2.75) is 20.8 Å². The maximum atomic E-state index is 11.0. The standard InChI is InChI=1S/C8H15NO.Li/c1-5-6-9-7(10)8(2,3)4;/h5H,1,6H2,2-4H3,(H,9,10);/q;+1/p-1. The molecule has 11 heavy (non-hydrogen) atoms. The van der Waals surface area contributed by atoms with Gasteiger partial charge in [0.25, 0.3) is 0 Å². The summed E-state index contributed by atoms with van der Waals surface area (Å²) in [6.07, 6.45) is 1.61. The number of nitrogens with zero attached hydrogens (tertiary/aromatic N) is 1. The second kappa shape index (κ2) is 5.46. The molecule has 0 rings (SSSR count). The smallest absolute Gasteiger partial charge is 0.862 e. The average molecular weight is 147 g/mol. The van der Waals surface area contributed by atoms with Crippen LogP contribution in [0.3, 0.4) is 0 Å². The van der Waals surface area contributed by atoms with Gasteiger partial charge in [0.1, 0.15) is 0 Å². The van der Waals surface area contributed by atoms with E-state index in [4.69, 9.17) is 0 Å². The number of hydrogen-bond donors (Lipinski definition) is 0. The molecule has 0 saturated heterocycles. The fraction of sp³-hybridized carbons (Fsp3) is 0.625. The average Bonchev–Trinajstić information content (AvgIpc) is 1.80. The molecule has 0 aromatic carbocycles. The second-order valence-electron chi connectivity index (χ2n) is 3.18. The van der Waals surface area contributed by atoms with Crippen LogP contribution in [0.1, 0.15) is 20.8 Å². The van der Waals surface area contributed by atoms with Crippen LogP contribution in [-0.2, 0) is 0 Å². The van der Waals surface area contributed by atoms with Crippen molar-refractivity contribution in [3.8, 4) is 0 Å². The Hall–Kier alpha value is -0.193. The van der Waals surface area contributed by atoms with Gasteiger partial charge in [0.15, 0.2) is 0 Å². The van der Waals surface area contributed by atoms with Crippen LogP contribution >= 0.6 is 0 Å². The van der Waals surface area contributed by atoms with Crippen molar-refractivity contribution in [1.82, 2.24) is 0 Å². The molecular formula is C8H14LiNO. The molecular weight excluding hydrogens is 133 g/mol. The summed E-state index contributed by atoms with van der Waals surface area (Å²) >= 11 is 0. The first-order valence-electron chi connectivity index (χ1n) is 3.31. The third kappa shape index (κ3) is 6.22. The largest absolute Gasteiger partial charge is 1.00 e. The van der Waals surface area contributed by atoms with Crippen molar-refractivity contribution < 1.29 is 24.0 Å². The molecule has 0 aliphatic heterocycles. The van der Waals surface area contributed by atoms with Gasteiger partial charge < -0.3 is 10.1 Å². The van der Waals surface area contributed by atoms with Crippen molar-refractivity contribution in [3.63, 3.8) is 0 Å². The minimum Gasteiger partial charge on any atom is -0.862 e. The van der Waals surface area contributed by atoms with Crippen molar-refractivity contribution in [2.24, 2.45) is 10.4 Å². The van der Waals surface area contributed by atoms with Crippen LogP contribution in [-0.4, -0.2) is 12.4 Å². The second-order valence-corrected chi connectivity index (χ2v) is 3.18. The molecule has 2 nitrogen and oxygen atoms in total. The molecule has 0 radical (unpaired) electrons. The van der Waals surface area contributed by atoms with E-state index in [9.17, 15) is 5.11 Å². The minimum absolute atomic E-state index is 0. The van der Waals surface area contributed by atoms with Crippen LogP contribution in [0.15, 0.2) is 17.6 Å². The van der Waals surface area contributed by atoms with Crippen LogP contribution in [0.2, 0.25) is 0 Å². The predicted octanol–water partition coefficient (Wildman–Crippen LogP) is -2.02. The monoisotopic (exact) mass is 147 g/mol. The number of hydrogen-bond acceptors (Lipinski definition) is 2. The van der Waals surface area contributed by atoms with E-state index >= 15 is 0 Å². The zero-order chi connectivity index (χ0) is 8.20. The maximum Gasteiger partial charge on any atom is 1.00 e. The maximum absolute atomic E-state index is 11.0. The quantitative estimate of drug-likeness (QED) is 0.192. The Labute approximate surface area is 80.6 Å². The van der Waals surface area contributed by atoms with Crippen LogP contribution in [0.4, 0.5) is 0 Å². The summed E-state index contributed by atoms with van der Waals surface area (Å²) in [5.41, 5.74) is -0.344. The van der Waals surface area contributed by atoms with Gasteiger partial charge in [-0.25, -0.2) is 0 Å². The Bertz CT molecular complexity index is 147. The molecule has 0 amide bonds. The van der Waals surface area contributed by atoms with E-state index in [1.807, 2.05) is 20.8 Å². The molecule has 0 saturated carbocycles. The molecule has 58 valence electrons. The molecule has 0 aliphatic rings. The van der Waals surface area contributed by atoms with Crippen LogP contribution in [0.5, 0.6) is 0 Å². The molecule has 0 atom stereocenters. The first-order chi connectivity index (χ1) is 4.48. The third-order valence-corrected chi connectivity index (χ3v) is 1.01. The van der Waals surface area contributed by atoms with E-state index in [2.05, 4.69) is 11.6 Å². The summed E-state index contributed by atoms with van der Waals surface area (Å²) in [5.74, 6) is -0.0626. The SMILES string of the molecule is C=CCN=C([O-])C(C)(C)C.[Li+]. The Morgan fingerprint density at radius 1 is 1.55 bits per heavy atom. The summed E-state index contributed by atoms with van der Waals surface area (Å²) in [4.78, 5) is 3.76. The van der Waals surface area contributed by atoms with Gasteiger partial charge in [-0.3, -0.25) is 0 Å². The first kappa shape index (κ1) is 13.4. The summed E-state index contributed by atoms with van der Waals surface area (Å²) in [6.45, 7) is 9.44. The Morgan fingerprint density at radius 2 is 2.00 bits per heavy atom. The van der Waals surface area contributed by atoms with E-state index in [0.717, 1.165) is 0 Å². The third-order valence-electron chi connectivity index (χ3n) is 1.01.